The average Bonchev–Trinajstić information content (AvgIpc) is 2.94. The van der Waals surface area contributed by atoms with Gasteiger partial charge in [0.25, 0.3) is 0 Å². The van der Waals surface area contributed by atoms with Gasteiger partial charge in [-0.05, 0) is 30.4 Å². The van der Waals surface area contributed by atoms with Crippen LogP contribution in [0.1, 0.15) is 32.3 Å². The highest BCUT2D eigenvalue weighted by molar-refractivity contribution is 5.61. The predicted octanol–water partition coefficient (Wildman–Crippen LogP) is 2.36. The molecule has 0 aliphatic rings. The van der Waals surface area contributed by atoms with E-state index >= 15 is 0 Å². The third-order valence-corrected chi connectivity index (χ3v) is 3.60. The highest BCUT2D eigenvalue weighted by Crippen LogP contribution is 2.22. The fraction of sp³-hybridized carbons (Fsp3) is 0.500. The molecule has 2 aromatic heterocycles. The van der Waals surface area contributed by atoms with Gasteiger partial charge in [0.1, 0.15) is 0 Å². The second-order valence-corrected chi connectivity index (χ2v) is 6.11. The summed E-state index contributed by atoms with van der Waals surface area (Å²) in [7, 11) is 0. The molecule has 0 radical (unpaired) electrons. The normalized spacial score (nSPS) is 11.8. The molecule has 0 fully saturated rings. The summed E-state index contributed by atoms with van der Waals surface area (Å²) >= 11 is 0. The van der Waals surface area contributed by atoms with Crippen molar-refractivity contribution in [2.75, 3.05) is 13.2 Å². The number of aromatic nitrogens is 3. The van der Waals surface area contributed by atoms with Crippen LogP contribution >= 0.6 is 0 Å². The van der Waals surface area contributed by atoms with Gasteiger partial charge in [-0.15, -0.1) is 0 Å². The van der Waals surface area contributed by atoms with Crippen molar-refractivity contribution in [2.24, 2.45) is 5.41 Å². The van der Waals surface area contributed by atoms with Gasteiger partial charge in [0.2, 0.25) is 0 Å². The van der Waals surface area contributed by atoms with E-state index < -0.39 is 0 Å². The van der Waals surface area contributed by atoms with Crippen molar-refractivity contribution in [1.82, 2.24) is 20.5 Å². The Morgan fingerprint density at radius 3 is 2.90 bits per heavy atom. The van der Waals surface area contributed by atoms with Crippen molar-refractivity contribution in [3.63, 3.8) is 0 Å². The van der Waals surface area contributed by atoms with Crippen LogP contribution < -0.4 is 5.32 Å². The molecule has 0 spiro atoms. The second-order valence-electron chi connectivity index (χ2n) is 6.11. The molecule has 2 rings (SSSR count). The summed E-state index contributed by atoms with van der Waals surface area (Å²) in [6.07, 6.45) is 7.32. The third kappa shape index (κ3) is 4.65. The van der Waals surface area contributed by atoms with Gasteiger partial charge in [-0.3, -0.25) is 10.1 Å². The molecule has 0 aromatic carbocycles. The molecule has 2 heterocycles. The molecular weight excluding hydrogens is 264 g/mol. The molecule has 0 amide bonds. The van der Waals surface area contributed by atoms with Crippen LogP contribution in [0.3, 0.4) is 0 Å². The van der Waals surface area contributed by atoms with E-state index in [0.29, 0.717) is 0 Å². The lowest BCUT2D eigenvalue weighted by Gasteiger charge is -2.24. The molecule has 0 unspecified atom stereocenters. The van der Waals surface area contributed by atoms with Crippen LogP contribution in [0.2, 0.25) is 0 Å². The summed E-state index contributed by atoms with van der Waals surface area (Å²) in [5, 5.41) is 19.6. The maximum atomic E-state index is 8.93. The molecule has 0 aliphatic carbocycles. The lowest BCUT2D eigenvalue weighted by molar-refractivity contribution is 0.236. The highest BCUT2D eigenvalue weighted by Gasteiger charge is 2.17. The van der Waals surface area contributed by atoms with E-state index in [1.54, 1.807) is 6.20 Å². The Kier molecular flexibility index (Phi) is 5.47. The quantitative estimate of drug-likeness (QED) is 0.697. The zero-order valence-corrected chi connectivity index (χ0v) is 12.8. The van der Waals surface area contributed by atoms with E-state index in [0.717, 1.165) is 42.8 Å². The number of H-pyrrole nitrogens is 1. The summed E-state index contributed by atoms with van der Waals surface area (Å²) in [6, 6.07) is 3.95. The van der Waals surface area contributed by atoms with Gasteiger partial charge in [0.15, 0.2) is 0 Å². The highest BCUT2D eigenvalue weighted by atomic mass is 16.2. The Bertz CT molecular complexity index is 536. The SMILES string of the molecule is CC(C)(CCCO)CNCc1cn[nH]c1-c1cccnc1. The van der Waals surface area contributed by atoms with Crippen LogP contribution in [0.25, 0.3) is 11.3 Å². The number of aromatic amines is 1. The van der Waals surface area contributed by atoms with E-state index in [1.165, 1.54) is 0 Å². The average molecular weight is 288 g/mol. The Morgan fingerprint density at radius 2 is 2.19 bits per heavy atom. The van der Waals surface area contributed by atoms with Gasteiger partial charge in [-0.1, -0.05) is 13.8 Å². The smallest absolute Gasteiger partial charge is 0.0710 e. The van der Waals surface area contributed by atoms with Crippen LogP contribution in [0.5, 0.6) is 0 Å². The molecular formula is C16H24N4O. The fourth-order valence-electron chi connectivity index (χ4n) is 2.39. The van der Waals surface area contributed by atoms with Crippen molar-refractivity contribution in [2.45, 2.75) is 33.2 Å². The number of rotatable bonds is 8. The van der Waals surface area contributed by atoms with E-state index in [-0.39, 0.29) is 12.0 Å². The molecule has 0 saturated heterocycles. The summed E-state index contributed by atoms with van der Waals surface area (Å²) < 4.78 is 0. The lowest BCUT2D eigenvalue weighted by Crippen LogP contribution is -2.29. The number of hydrogen-bond acceptors (Lipinski definition) is 4. The predicted molar refractivity (Wildman–Crippen MR) is 83.6 cm³/mol. The van der Waals surface area contributed by atoms with Gasteiger partial charge in [0.05, 0.1) is 11.9 Å². The van der Waals surface area contributed by atoms with E-state index in [9.17, 15) is 0 Å². The van der Waals surface area contributed by atoms with E-state index in [1.807, 2.05) is 24.5 Å². The van der Waals surface area contributed by atoms with Crippen molar-refractivity contribution < 1.29 is 5.11 Å². The standard InChI is InChI=1S/C16H24N4O/c1-16(2,6-4-8-21)12-18-10-14-11-19-20-15(14)13-5-3-7-17-9-13/h3,5,7,9,11,18,21H,4,6,8,10,12H2,1-2H3,(H,19,20). The molecule has 2 aromatic rings. The lowest BCUT2D eigenvalue weighted by atomic mass is 9.88. The first kappa shape index (κ1) is 15.7. The second kappa shape index (κ2) is 7.33. The Labute approximate surface area is 125 Å². The Morgan fingerprint density at radius 1 is 1.33 bits per heavy atom. The molecule has 3 N–H and O–H groups in total. The van der Waals surface area contributed by atoms with Crippen LogP contribution in [-0.4, -0.2) is 33.4 Å². The van der Waals surface area contributed by atoms with Gasteiger partial charge in [-0.2, -0.15) is 5.10 Å². The van der Waals surface area contributed by atoms with Crippen LogP contribution in [0.15, 0.2) is 30.7 Å². The van der Waals surface area contributed by atoms with Crippen LogP contribution in [-0.2, 0) is 6.54 Å². The number of aliphatic hydroxyl groups is 1. The Hall–Kier alpha value is -1.72. The summed E-state index contributed by atoms with van der Waals surface area (Å²) in [6.45, 7) is 6.37. The van der Waals surface area contributed by atoms with Gasteiger partial charge >= 0.3 is 0 Å². The number of nitrogens with one attached hydrogen (secondary N) is 2. The molecule has 114 valence electrons. The zero-order chi connectivity index (χ0) is 15.1. The minimum Gasteiger partial charge on any atom is -0.396 e. The minimum atomic E-state index is 0.181. The topological polar surface area (TPSA) is 73.8 Å². The minimum absolute atomic E-state index is 0.181. The molecule has 5 nitrogen and oxygen atoms in total. The Balaban J connectivity index is 1.92. The monoisotopic (exact) mass is 288 g/mol. The molecule has 0 saturated carbocycles. The van der Waals surface area contributed by atoms with E-state index in [4.69, 9.17) is 5.11 Å². The first-order chi connectivity index (χ1) is 10.1. The number of pyridine rings is 1. The fourth-order valence-corrected chi connectivity index (χ4v) is 2.39. The summed E-state index contributed by atoms with van der Waals surface area (Å²) in [5.74, 6) is 0. The maximum Gasteiger partial charge on any atom is 0.0710 e. The summed E-state index contributed by atoms with van der Waals surface area (Å²) in [4.78, 5) is 4.14. The van der Waals surface area contributed by atoms with Crippen LogP contribution in [0.4, 0.5) is 0 Å². The molecule has 0 aliphatic heterocycles. The first-order valence-electron chi connectivity index (χ1n) is 7.36. The van der Waals surface area contributed by atoms with E-state index in [2.05, 4.69) is 34.3 Å². The number of hydrogen-bond donors (Lipinski definition) is 3. The molecule has 5 heteroatoms. The van der Waals surface area contributed by atoms with Crippen molar-refractivity contribution >= 4 is 0 Å². The van der Waals surface area contributed by atoms with Gasteiger partial charge < -0.3 is 10.4 Å². The van der Waals surface area contributed by atoms with Crippen molar-refractivity contribution in [3.8, 4) is 11.3 Å². The van der Waals surface area contributed by atoms with Gasteiger partial charge in [-0.25, -0.2) is 0 Å². The zero-order valence-electron chi connectivity index (χ0n) is 12.8. The largest absolute Gasteiger partial charge is 0.396 e. The first-order valence-corrected chi connectivity index (χ1v) is 7.36. The summed E-state index contributed by atoms with van der Waals surface area (Å²) in [5.41, 5.74) is 3.39. The molecule has 0 bridgehead atoms. The number of nitrogens with zero attached hydrogens (tertiary/aromatic N) is 2. The number of aliphatic hydroxyl groups excluding tert-OH is 1. The van der Waals surface area contributed by atoms with Crippen molar-refractivity contribution in [1.29, 1.82) is 0 Å². The molecule has 0 atom stereocenters. The van der Waals surface area contributed by atoms with Crippen LogP contribution in [0, 0.1) is 5.41 Å². The van der Waals surface area contributed by atoms with Crippen molar-refractivity contribution in [3.05, 3.63) is 36.3 Å². The molecule has 21 heavy (non-hydrogen) atoms. The maximum absolute atomic E-state index is 8.93. The van der Waals surface area contributed by atoms with Gasteiger partial charge in [0, 0.05) is 43.2 Å². The third-order valence-electron chi connectivity index (χ3n) is 3.60.